The molecule has 6 nitrogen and oxygen atoms in total. The number of aryl methyl sites for hydroxylation is 2. The van der Waals surface area contributed by atoms with Gasteiger partial charge in [0.1, 0.15) is 0 Å². The van der Waals surface area contributed by atoms with Gasteiger partial charge >= 0.3 is 0 Å². The van der Waals surface area contributed by atoms with Gasteiger partial charge in [0.05, 0.1) is 22.8 Å². The van der Waals surface area contributed by atoms with Crippen molar-refractivity contribution in [2.24, 2.45) is 0 Å². The van der Waals surface area contributed by atoms with Gasteiger partial charge in [0.25, 0.3) is 5.91 Å². The lowest BCUT2D eigenvalue weighted by Crippen LogP contribution is -2.31. The molecule has 1 amide bonds. The first-order chi connectivity index (χ1) is 14.4. The fourth-order valence-electron chi connectivity index (χ4n) is 3.86. The first kappa shape index (κ1) is 20.7. The van der Waals surface area contributed by atoms with Crippen molar-refractivity contribution in [3.63, 3.8) is 0 Å². The summed E-state index contributed by atoms with van der Waals surface area (Å²) in [5.41, 5.74) is 3.44. The van der Waals surface area contributed by atoms with Crippen LogP contribution in [0.1, 0.15) is 79.1 Å². The van der Waals surface area contributed by atoms with E-state index in [0.717, 1.165) is 40.4 Å². The van der Waals surface area contributed by atoms with E-state index in [-0.39, 0.29) is 17.9 Å². The molecule has 0 bridgehead atoms. The summed E-state index contributed by atoms with van der Waals surface area (Å²) in [6, 6.07) is 2.08. The fourth-order valence-corrected chi connectivity index (χ4v) is 5.02. The van der Waals surface area contributed by atoms with E-state index in [2.05, 4.69) is 39.4 Å². The van der Waals surface area contributed by atoms with E-state index in [9.17, 15) is 4.79 Å². The number of carbonyl (C=O) groups is 1. The molecule has 0 saturated carbocycles. The first-order valence-electron chi connectivity index (χ1n) is 10.7. The first-order valence-corrected chi connectivity index (χ1v) is 11.5. The van der Waals surface area contributed by atoms with Crippen LogP contribution in [0.3, 0.4) is 0 Å². The predicted octanol–water partition coefficient (Wildman–Crippen LogP) is 5.30. The van der Waals surface area contributed by atoms with Crippen LogP contribution in [0, 0.1) is 0 Å². The van der Waals surface area contributed by atoms with E-state index in [1.54, 1.807) is 28.5 Å². The zero-order chi connectivity index (χ0) is 21.4. The van der Waals surface area contributed by atoms with Gasteiger partial charge in [0.2, 0.25) is 0 Å². The van der Waals surface area contributed by atoms with Crippen molar-refractivity contribution in [2.45, 2.75) is 65.3 Å². The van der Waals surface area contributed by atoms with Crippen molar-refractivity contribution in [3.05, 3.63) is 46.7 Å². The monoisotopic (exact) mass is 423 g/mol. The van der Waals surface area contributed by atoms with E-state index in [0.29, 0.717) is 12.1 Å². The van der Waals surface area contributed by atoms with Gasteiger partial charge in [-0.15, -0.1) is 17.9 Å². The maximum Gasteiger partial charge on any atom is 0.261 e. The second-order valence-corrected chi connectivity index (χ2v) is 9.51. The topological polar surface area (TPSA) is 63.9 Å². The van der Waals surface area contributed by atoms with Gasteiger partial charge in [-0.05, 0) is 51.5 Å². The molecule has 3 aromatic rings. The summed E-state index contributed by atoms with van der Waals surface area (Å²) in [7, 11) is 0. The number of thiazole rings is 1. The molecule has 0 radical (unpaired) electrons. The zero-order valence-electron chi connectivity index (χ0n) is 18.2. The van der Waals surface area contributed by atoms with Crippen LogP contribution in [0.5, 0.6) is 0 Å². The van der Waals surface area contributed by atoms with Crippen LogP contribution in [0.25, 0.3) is 11.0 Å². The molecule has 1 aliphatic rings. The fraction of sp³-hybridized carbons (Fsp3) is 0.478. The molecule has 0 saturated heterocycles. The third-order valence-electron chi connectivity index (χ3n) is 5.52. The van der Waals surface area contributed by atoms with Gasteiger partial charge in [-0.1, -0.05) is 19.9 Å². The molecule has 1 aliphatic carbocycles. The van der Waals surface area contributed by atoms with Crippen molar-refractivity contribution in [1.29, 1.82) is 0 Å². The minimum Gasteiger partial charge on any atom is -0.280 e. The summed E-state index contributed by atoms with van der Waals surface area (Å²) in [5.74, 6) is 0.134. The molecule has 0 aromatic carbocycles. The van der Waals surface area contributed by atoms with Gasteiger partial charge in [-0.2, -0.15) is 5.10 Å². The Bertz CT molecular complexity index is 1070. The number of rotatable bonds is 6. The maximum absolute atomic E-state index is 13.8. The highest BCUT2D eigenvalue weighted by Gasteiger charge is 2.26. The number of aromatic nitrogens is 4. The van der Waals surface area contributed by atoms with Gasteiger partial charge in [-0.3, -0.25) is 9.69 Å². The van der Waals surface area contributed by atoms with Crippen LogP contribution in [0.2, 0.25) is 0 Å². The predicted molar refractivity (Wildman–Crippen MR) is 123 cm³/mol. The molecule has 3 aromatic heterocycles. The molecule has 0 aliphatic heterocycles. The molecular weight excluding hydrogens is 394 g/mol. The molecule has 0 unspecified atom stereocenters. The van der Waals surface area contributed by atoms with Gasteiger partial charge in [-0.25, -0.2) is 14.6 Å². The van der Waals surface area contributed by atoms with E-state index in [1.807, 2.05) is 10.7 Å². The standard InChI is InChI=1S/C23H29N5OS/c1-6-11-27(23-26-18-9-7-8-10-20(18)30-23)22(29)16-12-19(14(2)3)25-21-17(16)13-24-28(21)15(4)5/h6,12-15H,1,7-11H2,2-5H3. The minimum absolute atomic E-state index is 0.0707. The molecule has 0 N–H and O–H groups in total. The smallest absolute Gasteiger partial charge is 0.261 e. The quantitative estimate of drug-likeness (QED) is 0.505. The molecule has 7 heteroatoms. The summed E-state index contributed by atoms with van der Waals surface area (Å²) in [5, 5.41) is 6.07. The summed E-state index contributed by atoms with van der Waals surface area (Å²) < 4.78 is 1.89. The molecule has 158 valence electrons. The van der Waals surface area contributed by atoms with Crippen LogP contribution in [-0.4, -0.2) is 32.2 Å². The van der Waals surface area contributed by atoms with Crippen molar-refractivity contribution in [1.82, 2.24) is 19.7 Å². The zero-order valence-corrected chi connectivity index (χ0v) is 19.0. The largest absolute Gasteiger partial charge is 0.280 e. The molecule has 4 rings (SSSR count). The Morgan fingerprint density at radius 3 is 2.70 bits per heavy atom. The molecule has 3 heterocycles. The summed E-state index contributed by atoms with van der Waals surface area (Å²) in [6.07, 6.45) is 7.95. The summed E-state index contributed by atoms with van der Waals surface area (Å²) >= 11 is 1.64. The average molecular weight is 424 g/mol. The third-order valence-corrected chi connectivity index (χ3v) is 6.70. The number of anilines is 1. The lowest BCUT2D eigenvalue weighted by atomic mass is 10.0. The average Bonchev–Trinajstić information content (AvgIpc) is 3.34. The Kier molecular flexibility index (Phi) is 5.73. The second kappa shape index (κ2) is 8.30. The lowest BCUT2D eigenvalue weighted by molar-refractivity contribution is 0.0991. The highest BCUT2D eigenvalue weighted by molar-refractivity contribution is 7.16. The Hall–Kier alpha value is -2.54. The summed E-state index contributed by atoms with van der Waals surface area (Å²) in [4.78, 5) is 26.5. The van der Waals surface area contributed by atoms with E-state index in [4.69, 9.17) is 9.97 Å². The van der Waals surface area contributed by atoms with Crippen LogP contribution in [0.4, 0.5) is 5.13 Å². The SMILES string of the molecule is C=CCN(C(=O)c1cc(C(C)C)nc2c1cnn2C(C)C)c1nc2c(s1)CCCC2. The highest BCUT2D eigenvalue weighted by Crippen LogP contribution is 2.33. The van der Waals surface area contributed by atoms with Crippen molar-refractivity contribution >= 4 is 33.4 Å². The van der Waals surface area contributed by atoms with E-state index in [1.165, 1.54) is 17.7 Å². The number of amides is 1. The van der Waals surface area contributed by atoms with Gasteiger partial charge < -0.3 is 0 Å². The summed E-state index contributed by atoms with van der Waals surface area (Å²) in [6.45, 7) is 12.6. The lowest BCUT2D eigenvalue weighted by Gasteiger charge is -2.19. The Morgan fingerprint density at radius 1 is 1.27 bits per heavy atom. The number of hydrogen-bond acceptors (Lipinski definition) is 5. The van der Waals surface area contributed by atoms with Crippen LogP contribution >= 0.6 is 11.3 Å². The number of nitrogens with zero attached hydrogens (tertiary/aromatic N) is 5. The van der Waals surface area contributed by atoms with Gasteiger partial charge in [0, 0.05) is 23.2 Å². The number of hydrogen-bond donors (Lipinski definition) is 0. The van der Waals surface area contributed by atoms with E-state index < -0.39 is 0 Å². The van der Waals surface area contributed by atoms with E-state index >= 15 is 0 Å². The van der Waals surface area contributed by atoms with Crippen molar-refractivity contribution in [3.8, 4) is 0 Å². The molecule has 30 heavy (non-hydrogen) atoms. The van der Waals surface area contributed by atoms with Crippen LogP contribution in [0.15, 0.2) is 24.9 Å². The molecule has 0 atom stereocenters. The number of pyridine rings is 1. The highest BCUT2D eigenvalue weighted by atomic mass is 32.1. The van der Waals surface area contributed by atoms with Crippen LogP contribution < -0.4 is 4.90 Å². The Balaban J connectivity index is 1.83. The number of carbonyl (C=O) groups excluding carboxylic acids is 1. The Morgan fingerprint density at radius 2 is 2.03 bits per heavy atom. The minimum atomic E-state index is -0.0707. The van der Waals surface area contributed by atoms with Crippen molar-refractivity contribution < 1.29 is 4.79 Å². The Labute approximate surface area is 181 Å². The third kappa shape index (κ3) is 3.67. The molecular formula is C23H29N5OS. The molecule has 0 fully saturated rings. The number of fused-ring (bicyclic) bond motifs is 2. The van der Waals surface area contributed by atoms with Crippen LogP contribution in [-0.2, 0) is 12.8 Å². The van der Waals surface area contributed by atoms with Crippen molar-refractivity contribution in [2.75, 3.05) is 11.4 Å². The molecule has 0 spiro atoms. The maximum atomic E-state index is 13.8. The second-order valence-electron chi connectivity index (χ2n) is 8.45. The normalized spacial score (nSPS) is 13.8. The van der Waals surface area contributed by atoms with Gasteiger partial charge in [0.15, 0.2) is 10.8 Å².